The molecule has 0 bridgehead atoms. The molecule has 5 nitrogen and oxygen atoms in total. The Balaban J connectivity index is 1.67. The Morgan fingerprint density at radius 3 is 2.38 bits per heavy atom. The first-order valence-corrected chi connectivity index (χ1v) is 8.98. The van der Waals surface area contributed by atoms with Crippen molar-refractivity contribution in [1.29, 1.82) is 0 Å². The molecule has 0 saturated carbocycles. The highest BCUT2D eigenvalue weighted by atomic mass is 16.5. The van der Waals surface area contributed by atoms with Gasteiger partial charge in [-0.3, -0.25) is 19.7 Å². The van der Waals surface area contributed by atoms with Crippen LogP contribution in [-0.2, 0) is 32.1 Å². The third-order valence-electron chi connectivity index (χ3n) is 4.21. The van der Waals surface area contributed by atoms with E-state index in [-0.39, 0.29) is 18.6 Å². The molecule has 1 aliphatic rings. The molecule has 1 aliphatic heterocycles. The van der Waals surface area contributed by atoms with Gasteiger partial charge in [0.25, 0.3) is 11.8 Å². The van der Waals surface area contributed by atoms with Gasteiger partial charge in [-0.25, -0.2) is 0 Å². The van der Waals surface area contributed by atoms with Gasteiger partial charge in [0.05, 0.1) is 6.42 Å². The number of aryl methyl sites for hydroxylation is 1. The van der Waals surface area contributed by atoms with Crippen LogP contribution in [0.2, 0.25) is 0 Å². The largest absolute Gasteiger partial charge is 0.461 e. The molecular formula is C21H25NO4. The van der Waals surface area contributed by atoms with E-state index in [1.54, 1.807) is 0 Å². The molecule has 0 fully saturated rings. The molecule has 0 radical (unpaired) electrons. The Hall–Kier alpha value is -2.69. The molecular weight excluding hydrogens is 330 g/mol. The van der Waals surface area contributed by atoms with Crippen LogP contribution in [0, 0.1) is 0 Å². The van der Waals surface area contributed by atoms with Gasteiger partial charge in [0.1, 0.15) is 6.61 Å². The summed E-state index contributed by atoms with van der Waals surface area (Å²) in [5.74, 6) is -1.54. The Morgan fingerprint density at radius 1 is 1.04 bits per heavy atom. The quantitative estimate of drug-likeness (QED) is 0.286. The van der Waals surface area contributed by atoms with Gasteiger partial charge in [0.15, 0.2) is 0 Å². The van der Waals surface area contributed by atoms with Gasteiger partial charge in [-0.2, -0.15) is 0 Å². The van der Waals surface area contributed by atoms with E-state index < -0.39 is 17.8 Å². The molecule has 0 atom stereocenters. The van der Waals surface area contributed by atoms with E-state index in [1.807, 2.05) is 18.2 Å². The summed E-state index contributed by atoms with van der Waals surface area (Å²) >= 11 is 0. The highest BCUT2D eigenvalue weighted by molar-refractivity contribution is 6.17. The average molecular weight is 355 g/mol. The summed E-state index contributed by atoms with van der Waals surface area (Å²) < 4.78 is 5.17. The normalized spacial score (nSPS) is 13.3. The summed E-state index contributed by atoms with van der Waals surface area (Å²) in [7, 11) is 0. The fraction of sp³-hybridized carbons (Fsp3) is 0.381. The zero-order chi connectivity index (χ0) is 18.8. The van der Waals surface area contributed by atoms with Crippen molar-refractivity contribution in [3.05, 3.63) is 59.7 Å². The third kappa shape index (κ3) is 6.67. The number of amides is 2. The molecule has 5 heteroatoms. The van der Waals surface area contributed by atoms with Gasteiger partial charge < -0.3 is 4.74 Å². The van der Waals surface area contributed by atoms with Crippen molar-refractivity contribution in [2.24, 2.45) is 0 Å². The Kier molecular flexibility index (Phi) is 7.80. The fourth-order valence-corrected chi connectivity index (χ4v) is 2.73. The van der Waals surface area contributed by atoms with Crippen molar-refractivity contribution in [3.63, 3.8) is 0 Å². The summed E-state index contributed by atoms with van der Waals surface area (Å²) in [6, 6.07) is 8.01. The lowest BCUT2D eigenvalue weighted by Gasteiger charge is -2.06. The number of allylic oxidation sites excluding steroid dienone is 1. The lowest BCUT2D eigenvalue weighted by Crippen LogP contribution is -2.23. The molecule has 1 aromatic rings. The van der Waals surface area contributed by atoms with Crippen LogP contribution in [0.5, 0.6) is 0 Å². The van der Waals surface area contributed by atoms with Crippen LogP contribution < -0.4 is 5.32 Å². The number of benzene rings is 1. The lowest BCUT2D eigenvalue weighted by molar-refractivity contribution is -0.144. The summed E-state index contributed by atoms with van der Waals surface area (Å²) in [6.07, 6.45) is 9.88. The monoisotopic (exact) mass is 355 g/mol. The van der Waals surface area contributed by atoms with Crippen molar-refractivity contribution in [1.82, 2.24) is 5.32 Å². The number of rotatable bonds is 11. The van der Waals surface area contributed by atoms with Crippen LogP contribution in [0.4, 0.5) is 0 Å². The van der Waals surface area contributed by atoms with E-state index in [2.05, 4.69) is 24.0 Å². The number of imide groups is 1. The summed E-state index contributed by atoms with van der Waals surface area (Å²) in [6.45, 7) is 3.88. The van der Waals surface area contributed by atoms with Crippen LogP contribution in [0.15, 0.2) is 48.6 Å². The predicted octanol–water partition coefficient (Wildman–Crippen LogP) is 3.38. The molecule has 0 saturated heterocycles. The van der Waals surface area contributed by atoms with E-state index >= 15 is 0 Å². The first-order chi connectivity index (χ1) is 12.6. The molecule has 1 heterocycles. The molecule has 2 amide bonds. The zero-order valence-electron chi connectivity index (χ0n) is 15.0. The van der Waals surface area contributed by atoms with Crippen molar-refractivity contribution in [3.8, 4) is 0 Å². The van der Waals surface area contributed by atoms with Crippen LogP contribution in [-0.4, -0.2) is 17.8 Å². The molecule has 26 heavy (non-hydrogen) atoms. The van der Waals surface area contributed by atoms with Gasteiger partial charge >= 0.3 is 5.97 Å². The van der Waals surface area contributed by atoms with Crippen LogP contribution in [0.25, 0.3) is 0 Å². The molecule has 138 valence electrons. The highest BCUT2D eigenvalue weighted by Crippen LogP contribution is 2.13. The number of nitrogens with one attached hydrogen (secondary N) is 1. The molecule has 0 aliphatic carbocycles. The maximum Gasteiger partial charge on any atom is 0.310 e. The van der Waals surface area contributed by atoms with E-state index in [4.69, 9.17) is 4.74 Å². The molecule has 1 aromatic carbocycles. The lowest BCUT2D eigenvalue weighted by atomic mass is 10.0. The van der Waals surface area contributed by atoms with Crippen molar-refractivity contribution < 1.29 is 19.1 Å². The second-order valence-electron chi connectivity index (χ2n) is 6.38. The average Bonchev–Trinajstić information content (AvgIpc) is 2.94. The predicted molar refractivity (Wildman–Crippen MR) is 99.1 cm³/mol. The maximum absolute atomic E-state index is 11.8. The number of esters is 1. The van der Waals surface area contributed by atoms with E-state index in [0.717, 1.165) is 24.5 Å². The first kappa shape index (κ1) is 19.6. The molecule has 0 aromatic heterocycles. The minimum absolute atomic E-state index is 0.142. The number of unbranched alkanes of at least 4 members (excludes halogenated alkanes) is 4. The number of hydrogen-bond donors (Lipinski definition) is 1. The SMILES string of the molecule is C=CCCCCCCc1ccc(COC(=O)CC2=CC(=O)NC2=O)cc1. The minimum atomic E-state index is -0.527. The zero-order valence-corrected chi connectivity index (χ0v) is 15.0. The molecule has 2 rings (SSSR count). The van der Waals surface area contributed by atoms with Gasteiger partial charge in [-0.1, -0.05) is 43.2 Å². The second-order valence-corrected chi connectivity index (χ2v) is 6.38. The van der Waals surface area contributed by atoms with Crippen molar-refractivity contribution in [2.45, 2.75) is 51.6 Å². The van der Waals surface area contributed by atoms with Crippen LogP contribution in [0.3, 0.4) is 0 Å². The Labute approximate surface area is 154 Å². The smallest absolute Gasteiger partial charge is 0.310 e. The number of carbonyl (C=O) groups is 3. The second kappa shape index (κ2) is 10.3. The van der Waals surface area contributed by atoms with E-state index in [0.29, 0.717) is 0 Å². The van der Waals surface area contributed by atoms with Crippen molar-refractivity contribution in [2.75, 3.05) is 0 Å². The molecule has 1 N–H and O–H groups in total. The highest BCUT2D eigenvalue weighted by Gasteiger charge is 2.23. The Bertz CT molecular complexity index is 688. The van der Waals surface area contributed by atoms with Gasteiger partial charge in [0, 0.05) is 11.6 Å². The van der Waals surface area contributed by atoms with E-state index in [9.17, 15) is 14.4 Å². The Morgan fingerprint density at radius 2 is 1.73 bits per heavy atom. The maximum atomic E-state index is 11.8. The third-order valence-corrected chi connectivity index (χ3v) is 4.21. The summed E-state index contributed by atoms with van der Waals surface area (Å²) in [5.41, 5.74) is 2.31. The summed E-state index contributed by atoms with van der Waals surface area (Å²) in [5, 5.41) is 2.10. The first-order valence-electron chi connectivity index (χ1n) is 8.98. The summed E-state index contributed by atoms with van der Waals surface area (Å²) in [4.78, 5) is 34.2. The fourth-order valence-electron chi connectivity index (χ4n) is 2.73. The van der Waals surface area contributed by atoms with Crippen LogP contribution in [0.1, 0.15) is 49.7 Å². The number of carbonyl (C=O) groups excluding carboxylic acids is 3. The van der Waals surface area contributed by atoms with Crippen LogP contribution >= 0.6 is 0 Å². The van der Waals surface area contributed by atoms with Crippen molar-refractivity contribution >= 4 is 17.8 Å². The topological polar surface area (TPSA) is 72.5 Å². The standard InChI is InChI=1S/C21H25NO4/c1-2-3-4-5-6-7-8-16-9-11-17(12-10-16)15-26-20(24)14-18-13-19(23)22-21(18)25/h2,9-13H,1,3-8,14-15H2,(H,22,23,25). The van der Waals surface area contributed by atoms with E-state index in [1.165, 1.54) is 31.2 Å². The molecule has 0 unspecified atom stereocenters. The van der Waals surface area contributed by atoms with Gasteiger partial charge in [-0.05, 0) is 36.8 Å². The minimum Gasteiger partial charge on any atom is -0.461 e. The number of ether oxygens (including phenoxy) is 1. The van der Waals surface area contributed by atoms with Gasteiger partial charge in [-0.15, -0.1) is 6.58 Å². The number of hydrogen-bond acceptors (Lipinski definition) is 4. The van der Waals surface area contributed by atoms with Gasteiger partial charge in [0.2, 0.25) is 0 Å². The molecule has 0 spiro atoms.